The number of hydrogen-bond donors (Lipinski definition) is 3. The van der Waals surface area contributed by atoms with E-state index in [0.717, 1.165) is 0 Å². The van der Waals surface area contributed by atoms with E-state index < -0.39 is 25.8 Å². The van der Waals surface area contributed by atoms with Gasteiger partial charge in [-0.1, -0.05) is 6.08 Å². The second-order valence-corrected chi connectivity index (χ2v) is 5.02. The van der Waals surface area contributed by atoms with E-state index in [2.05, 4.69) is 9.51 Å². The van der Waals surface area contributed by atoms with Crippen molar-refractivity contribution in [3.63, 3.8) is 0 Å². The van der Waals surface area contributed by atoms with Crippen molar-refractivity contribution in [2.45, 2.75) is 12.3 Å². The third-order valence-electron chi connectivity index (χ3n) is 2.34. The minimum atomic E-state index is -4.54. The van der Waals surface area contributed by atoms with Crippen LogP contribution in [-0.4, -0.2) is 32.0 Å². The summed E-state index contributed by atoms with van der Waals surface area (Å²) in [6.07, 6.45) is 3.18. The van der Waals surface area contributed by atoms with Crippen molar-refractivity contribution in [3.05, 3.63) is 34.9 Å². The van der Waals surface area contributed by atoms with Crippen LogP contribution in [0.1, 0.15) is 6.23 Å². The Labute approximate surface area is 107 Å². The molecule has 10 heteroatoms. The van der Waals surface area contributed by atoms with Crippen molar-refractivity contribution in [3.8, 4) is 0 Å². The van der Waals surface area contributed by atoms with E-state index in [-0.39, 0.29) is 12.4 Å². The van der Waals surface area contributed by atoms with Gasteiger partial charge in [-0.3, -0.25) is 9.09 Å². The highest BCUT2D eigenvalue weighted by Gasteiger charge is 2.24. The molecule has 1 aliphatic rings. The molecule has 104 valence electrons. The molecule has 19 heavy (non-hydrogen) atoms. The Morgan fingerprint density at radius 1 is 1.53 bits per heavy atom. The largest absolute Gasteiger partial charge is 0.469 e. The fraction of sp³-hybridized carbons (Fsp3) is 0.333. The quantitative estimate of drug-likeness (QED) is 0.493. The first-order chi connectivity index (χ1) is 8.85. The highest BCUT2D eigenvalue weighted by atomic mass is 31.2. The minimum absolute atomic E-state index is 0.101. The molecule has 0 unspecified atom stereocenters. The van der Waals surface area contributed by atoms with Gasteiger partial charge >= 0.3 is 13.5 Å². The maximum atomic E-state index is 11.6. The Morgan fingerprint density at radius 3 is 2.89 bits per heavy atom. The highest BCUT2D eigenvalue weighted by Crippen LogP contribution is 2.36. The molecule has 0 aromatic carbocycles. The molecule has 0 bridgehead atoms. The molecule has 2 heterocycles. The van der Waals surface area contributed by atoms with Crippen molar-refractivity contribution >= 4 is 13.6 Å². The average Bonchev–Trinajstić information content (AvgIpc) is 2.74. The molecular formula is C9H12N3O6P. The molecule has 0 saturated heterocycles. The zero-order valence-corrected chi connectivity index (χ0v) is 10.5. The summed E-state index contributed by atoms with van der Waals surface area (Å²) in [6, 6.07) is 1.44. The van der Waals surface area contributed by atoms with Crippen LogP contribution in [0.3, 0.4) is 0 Å². The summed E-state index contributed by atoms with van der Waals surface area (Å²) in [6.45, 7) is -0.311. The normalized spacial score (nSPS) is 22.8. The van der Waals surface area contributed by atoms with Gasteiger partial charge in [0.1, 0.15) is 11.9 Å². The van der Waals surface area contributed by atoms with Crippen LogP contribution in [-0.2, 0) is 13.8 Å². The van der Waals surface area contributed by atoms with Gasteiger partial charge in [-0.2, -0.15) is 4.98 Å². The minimum Gasteiger partial charge on any atom is -0.383 e. The van der Waals surface area contributed by atoms with E-state index >= 15 is 0 Å². The average molecular weight is 289 g/mol. The van der Waals surface area contributed by atoms with Crippen LogP contribution in [0.25, 0.3) is 0 Å². The lowest BCUT2D eigenvalue weighted by Gasteiger charge is -2.16. The molecule has 9 nitrogen and oxygen atoms in total. The fourth-order valence-corrected chi connectivity index (χ4v) is 1.87. The number of rotatable bonds is 4. The number of nitrogens with zero attached hydrogens (tertiary/aromatic N) is 2. The van der Waals surface area contributed by atoms with E-state index in [1.807, 2.05) is 0 Å². The second-order valence-electron chi connectivity index (χ2n) is 3.78. The first kappa shape index (κ1) is 13.9. The molecule has 0 aliphatic carbocycles. The molecule has 2 rings (SSSR count). The van der Waals surface area contributed by atoms with Crippen LogP contribution in [0.4, 0.5) is 5.82 Å². The van der Waals surface area contributed by atoms with E-state index in [1.165, 1.54) is 16.8 Å². The number of nitrogen functional groups attached to an aromatic ring is 1. The van der Waals surface area contributed by atoms with Crippen LogP contribution in [0, 0.1) is 0 Å². The van der Waals surface area contributed by atoms with Gasteiger partial charge < -0.3 is 20.3 Å². The van der Waals surface area contributed by atoms with Crippen LogP contribution >= 0.6 is 7.82 Å². The van der Waals surface area contributed by atoms with Crippen LogP contribution < -0.4 is 11.4 Å². The number of hydrogen-bond acceptors (Lipinski definition) is 6. The lowest BCUT2D eigenvalue weighted by atomic mass is 10.4. The Hall–Kier alpha value is -1.51. The van der Waals surface area contributed by atoms with Gasteiger partial charge in [-0.05, 0) is 12.1 Å². The molecule has 0 spiro atoms. The summed E-state index contributed by atoms with van der Waals surface area (Å²) >= 11 is 0. The maximum Gasteiger partial charge on any atom is 0.469 e. The predicted molar refractivity (Wildman–Crippen MR) is 64.0 cm³/mol. The number of phosphoric acid groups is 1. The Bertz CT molecular complexity index is 594. The topological polar surface area (TPSA) is 137 Å². The van der Waals surface area contributed by atoms with Crippen molar-refractivity contribution in [1.29, 1.82) is 0 Å². The van der Waals surface area contributed by atoms with Crippen molar-refractivity contribution in [2.75, 3.05) is 12.3 Å². The summed E-state index contributed by atoms with van der Waals surface area (Å²) in [5.74, 6) is 0.101. The van der Waals surface area contributed by atoms with Gasteiger partial charge in [0.05, 0.1) is 6.61 Å². The summed E-state index contributed by atoms with van der Waals surface area (Å²) in [5, 5.41) is 0. The Morgan fingerprint density at radius 2 is 2.26 bits per heavy atom. The fourth-order valence-electron chi connectivity index (χ4n) is 1.53. The van der Waals surface area contributed by atoms with Crippen molar-refractivity contribution in [2.24, 2.45) is 0 Å². The first-order valence-electron chi connectivity index (χ1n) is 5.24. The molecule has 2 atom stereocenters. The van der Waals surface area contributed by atoms with E-state index in [4.69, 9.17) is 20.3 Å². The third-order valence-corrected chi connectivity index (χ3v) is 2.82. The van der Waals surface area contributed by atoms with E-state index in [1.54, 1.807) is 12.2 Å². The number of phosphoric ester groups is 1. The zero-order chi connectivity index (χ0) is 14.0. The summed E-state index contributed by atoms with van der Waals surface area (Å²) in [4.78, 5) is 32.2. The molecule has 0 fully saturated rings. The third kappa shape index (κ3) is 3.72. The van der Waals surface area contributed by atoms with Crippen molar-refractivity contribution < 1.29 is 23.6 Å². The monoisotopic (exact) mass is 289 g/mol. The number of anilines is 1. The van der Waals surface area contributed by atoms with E-state index in [0.29, 0.717) is 0 Å². The van der Waals surface area contributed by atoms with Gasteiger partial charge in [0.15, 0.2) is 6.23 Å². The lowest BCUT2D eigenvalue weighted by molar-refractivity contribution is -0.0103. The SMILES string of the molecule is Nc1ccn([C@H]2C=C[C@@H](COP(=O)(O)O)O2)c(=O)n1. The molecule has 0 saturated carbocycles. The molecule has 0 radical (unpaired) electrons. The predicted octanol–water partition coefficient (Wildman–Crippen LogP) is -0.612. The number of aromatic nitrogens is 2. The van der Waals surface area contributed by atoms with E-state index in [9.17, 15) is 9.36 Å². The summed E-state index contributed by atoms with van der Waals surface area (Å²) < 4.78 is 21.4. The highest BCUT2D eigenvalue weighted by molar-refractivity contribution is 7.46. The van der Waals surface area contributed by atoms with Gasteiger partial charge in [0.25, 0.3) is 0 Å². The van der Waals surface area contributed by atoms with Gasteiger partial charge in [-0.25, -0.2) is 9.36 Å². The zero-order valence-electron chi connectivity index (χ0n) is 9.62. The molecule has 1 aliphatic heterocycles. The number of ether oxygens (including phenoxy) is 1. The maximum absolute atomic E-state index is 11.6. The summed E-state index contributed by atoms with van der Waals surface area (Å²) in [5.41, 5.74) is 4.78. The lowest BCUT2D eigenvalue weighted by Crippen LogP contribution is -2.28. The smallest absolute Gasteiger partial charge is 0.383 e. The van der Waals surface area contributed by atoms with Gasteiger partial charge in [0, 0.05) is 6.20 Å². The standard InChI is InChI=1S/C9H12N3O6P/c10-7-3-4-12(9(13)11-7)8-2-1-6(18-8)5-17-19(14,15)16/h1-4,6,8H,5H2,(H2,10,11,13)(H2,14,15,16)/t6-,8+/m0/s1. The molecule has 4 N–H and O–H groups in total. The van der Waals surface area contributed by atoms with Crippen LogP contribution in [0.15, 0.2) is 29.2 Å². The van der Waals surface area contributed by atoms with Crippen LogP contribution in [0.5, 0.6) is 0 Å². The van der Waals surface area contributed by atoms with Crippen molar-refractivity contribution in [1.82, 2.24) is 9.55 Å². The Kier molecular flexibility index (Phi) is 3.83. The molecule has 0 amide bonds. The summed E-state index contributed by atoms with van der Waals surface area (Å²) in [7, 11) is -4.54. The second kappa shape index (κ2) is 5.24. The molecule has 1 aromatic heterocycles. The Balaban J connectivity index is 2.01. The number of nitrogens with two attached hydrogens (primary N) is 1. The van der Waals surface area contributed by atoms with Crippen LogP contribution in [0.2, 0.25) is 0 Å². The molecule has 1 aromatic rings. The van der Waals surface area contributed by atoms with Gasteiger partial charge in [-0.15, -0.1) is 0 Å². The first-order valence-corrected chi connectivity index (χ1v) is 6.77. The molecular weight excluding hydrogens is 277 g/mol. The van der Waals surface area contributed by atoms with Gasteiger partial charge in [0.2, 0.25) is 0 Å².